The molecule has 0 aromatic heterocycles. The molecule has 8 heteroatoms. The molecule has 3 N–H and O–H groups in total. The highest BCUT2D eigenvalue weighted by Crippen LogP contribution is 2.29. The molecular weight excluding hydrogens is 296 g/mol. The maximum Gasteiger partial charge on any atom is 0.335 e. The minimum Gasteiger partial charge on any atom is -0.478 e. The summed E-state index contributed by atoms with van der Waals surface area (Å²) in [5.41, 5.74) is 0.422. The lowest BCUT2D eigenvalue weighted by atomic mass is 10.2. The second-order valence-corrected chi connectivity index (χ2v) is 6.54. The van der Waals surface area contributed by atoms with Crippen molar-refractivity contribution in [2.75, 3.05) is 31.1 Å². The van der Waals surface area contributed by atoms with Crippen LogP contribution in [0.3, 0.4) is 0 Å². The Hall–Kier alpha value is -1.64. The van der Waals surface area contributed by atoms with Crippen LogP contribution in [0.15, 0.2) is 23.1 Å². The Balaban J connectivity index is 2.47. The Morgan fingerprint density at radius 1 is 1.29 bits per heavy atom. The number of sulfonamides is 1. The van der Waals surface area contributed by atoms with Gasteiger partial charge in [0.15, 0.2) is 0 Å². The van der Waals surface area contributed by atoms with Crippen LogP contribution in [0.5, 0.6) is 0 Å². The number of nitrogens with zero attached hydrogens (tertiary/aromatic N) is 1. The molecule has 1 fully saturated rings. The molecule has 1 aliphatic heterocycles. The summed E-state index contributed by atoms with van der Waals surface area (Å²) in [5, 5.41) is 17.8. The van der Waals surface area contributed by atoms with Crippen molar-refractivity contribution in [3.05, 3.63) is 23.8 Å². The highest BCUT2D eigenvalue weighted by atomic mass is 32.2. The van der Waals surface area contributed by atoms with Crippen molar-refractivity contribution in [2.24, 2.45) is 0 Å². The summed E-state index contributed by atoms with van der Waals surface area (Å²) in [6.07, 6.45) is 1.95. The summed E-state index contributed by atoms with van der Waals surface area (Å²) in [6, 6.07) is 4.10. The number of aliphatic hydroxyl groups is 1. The topological polar surface area (TPSA) is 107 Å². The van der Waals surface area contributed by atoms with Crippen LogP contribution in [0.2, 0.25) is 0 Å². The molecule has 0 spiro atoms. The van der Waals surface area contributed by atoms with Gasteiger partial charge in [0.05, 0.1) is 17.9 Å². The molecule has 0 amide bonds. The highest BCUT2D eigenvalue weighted by molar-refractivity contribution is 7.89. The molecule has 1 heterocycles. The fraction of sp³-hybridized carbons (Fsp3) is 0.462. The standard InChI is InChI=1S/C13H18N2O5S/c16-8-5-14-21(19,20)12-9-10(13(17)18)3-4-11(12)15-6-1-2-7-15/h3-4,9,14,16H,1-2,5-8H2,(H,17,18). The van der Waals surface area contributed by atoms with Crippen LogP contribution >= 0.6 is 0 Å². The van der Waals surface area contributed by atoms with Gasteiger partial charge in [0.25, 0.3) is 0 Å². The molecule has 7 nitrogen and oxygen atoms in total. The molecule has 0 saturated carbocycles. The number of carboxylic acid groups (broad SMARTS) is 1. The van der Waals surface area contributed by atoms with Crippen LogP contribution in [0.1, 0.15) is 23.2 Å². The molecule has 116 valence electrons. The molecule has 21 heavy (non-hydrogen) atoms. The summed E-state index contributed by atoms with van der Waals surface area (Å²) >= 11 is 0. The van der Waals surface area contributed by atoms with Crippen LogP contribution in [0.25, 0.3) is 0 Å². The third-order valence-electron chi connectivity index (χ3n) is 3.35. The van der Waals surface area contributed by atoms with Crippen molar-refractivity contribution >= 4 is 21.7 Å². The first-order chi connectivity index (χ1) is 9.95. The van der Waals surface area contributed by atoms with Crippen molar-refractivity contribution in [3.8, 4) is 0 Å². The fourth-order valence-corrected chi connectivity index (χ4v) is 3.61. The van der Waals surface area contributed by atoms with Gasteiger partial charge in [-0.25, -0.2) is 17.9 Å². The number of hydrogen-bond acceptors (Lipinski definition) is 5. The van der Waals surface area contributed by atoms with E-state index in [-0.39, 0.29) is 23.6 Å². The third-order valence-corrected chi connectivity index (χ3v) is 4.84. The number of carboxylic acids is 1. The van der Waals surface area contributed by atoms with Crippen molar-refractivity contribution in [2.45, 2.75) is 17.7 Å². The highest BCUT2D eigenvalue weighted by Gasteiger charge is 2.25. The van der Waals surface area contributed by atoms with Crippen LogP contribution in [0, 0.1) is 0 Å². The van der Waals surface area contributed by atoms with Gasteiger partial charge in [-0.2, -0.15) is 0 Å². The lowest BCUT2D eigenvalue weighted by Crippen LogP contribution is -2.29. The summed E-state index contributed by atoms with van der Waals surface area (Å²) in [7, 11) is -3.86. The smallest absolute Gasteiger partial charge is 0.335 e. The molecule has 2 rings (SSSR count). The SMILES string of the molecule is O=C(O)c1ccc(N2CCCC2)c(S(=O)(=O)NCCO)c1. The van der Waals surface area contributed by atoms with E-state index in [2.05, 4.69) is 4.72 Å². The molecule has 1 aliphatic rings. The quantitative estimate of drug-likeness (QED) is 0.695. The predicted octanol–water partition coefficient (Wildman–Crippen LogP) is 0.256. The molecule has 1 aromatic carbocycles. The number of aromatic carboxylic acids is 1. The van der Waals surface area contributed by atoms with Crippen LogP contribution < -0.4 is 9.62 Å². The van der Waals surface area contributed by atoms with Crippen molar-refractivity contribution in [3.63, 3.8) is 0 Å². The second kappa shape index (κ2) is 6.42. The predicted molar refractivity (Wildman–Crippen MR) is 77.1 cm³/mol. The Morgan fingerprint density at radius 2 is 1.95 bits per heavy atom. The van der Waals surface area contributed by atoms with Crippen molar-refractivity contribution in [1.82, 2.24) is 4.72 Å². The second-order valence-electron chi connectivity index (χ2n) is 4.80. The minimum atomic E-state index is -3.86. The van der Waals surface area contributed by atoms with E-state index in [0.717, 1.165) is 32.0 Å². The van der Waals surface area contributed by atoms with E-state index in [1.54, 1.807) is 0 Å². The molecule has 1 saturated heterocycles. The third kappa shape index (κ3) is 3.52. The van der Waals surface area contributed by atoms with E-state index in [0.29, 0.717) is 5.69 Å². The molecular formula is C13H18N2O5S. The van der Waals surface area contributed by atoms with E-state index in [4.69, 9.17) is 10.2 Å². The largest absolute Gasteiger partial charge is 0.478 e. The van der Waals surface area contributed by atoms with Gasteiger partial charge in [-0.3, -0.25) is 0 Å². The van der Waals surface area contributed by atoms with Gasteiger partial charge in [-0.05, 0) is 31.0 Å². The Labute approximate surface area is 123 Å². The van der Waals surface area contributed by atoms with Crippen LogP contribution in [-0.2, 0) is 10.0 Å². The van der Waals surface area contributed by atoms with Gasteiger partial charge in [0.2, 0.25) is 10.0 Å². The zero-order chi connectivity index (χ0) is 15.5. The lowest BCUT2D eigenvalue weighted by Gasteiger charge is -2.21. The number of aliphatic hydroxyl groups excluding tert-OH is 1. The molecule has 0 bridgehead atoms. The number of hydrogen-bond donors (Lipinski definition) is 3. The minimum absolute atomic E-state index is 0.0576. The molecule has 0 radical (unpaired) electrons. The van der Waals surface area contributed by atoms with E-state index >= 15 is 0 Å². The van der Waals surface area contributed by atoms with Gasteiger partial charge >= 0.3 is 5.97 Å². The van der Waals surface area contributed by atoms with Crippen molar-refractivity contribution in [1.29, 1.82) is 0 Å². The summed E-state index contributed by atoms with van der Waals surface area (Å²) in [4.78, 5) is 12.9. The molecule has 1 aromatic rings. The Kier molecular flexibility index (Phi) is 4.81. The zero-order valence-corrected chi connectivity index (χ0v) is 12.3. The number of rotatable bonds is 6. The van der Waals surface area contributed by atoms with E-state index in [9.17, 15) is 13.2 Å². The van der Waals surface area contributed by atoms with Gasteiger partial charge in [-0.1, -0.05) is 0 Å². The van der Waals surface area contributed by atoms with Gasteiger partial charge in [-0.15, -0.1) is 0 Å². The maximum atomic E-state index is 12.3. The van der Waals surface area contributed by atoms with E-state index in [1.165, 1.54) is 12.1 Å². The zero-order valence-electron chi connectivity index (χ0n) is 11.4. The first-order valence-corrected chi connectivity index (χ1v) is 8.17. The Bertz CT molecular complexity index is 623. The van der Waals surface area contributed by atoms with Gasteiger partial charge in [0, 0.05) is 19.6 Å². The Morgan fingerprint density at radius 3 is 2.52 bits per heavy atom. The van der Waals surface area contributed by atoms with Gasteiger partial charge < -0.3 is 15.1 Å². The summed E-state index contributed by atoms with van der Waals surface area (Å²) in [6.45, 7) is 1.06. The number of nitrogens with one attached hydrogen (secondary N) is 1. The number of anilines is 1. The van der Waals surface area contributed by atoms with Crippen LogP contribution in [0.4, 0.5) is 5.69 Å². The molecule has 0 aliphatic carbocycles. The summed E-state index contributed by atoms with van der Waals surface area (Å²) in [5.74, 6) is -1.18. The normalized spacial score (nSPS) is 15.4. The summed E-state index contributed by atoms with van der Waals surface area (Å²) < 4.78 is 26.9. The first-order valence-electron chi connectivity index (χ1n) is 6.68. The average molecular weight is 314 g/mol. The number of carbonyl (C=O) groups is 1. The number of benzene rings is 1. The van der Waals surface area contributed by atoms with E-state index < -0.39 is 16.0 Å². The van der Waals surface area contributed by atoms with Crippen LogP contribution in [-0.4, -0.2) is 50.8 Å². The monoisotopic (exact) mass is 314 g/mol. The first kappa shape index (κ1) is 15.7. The molecule has 0 atom stereocenters. The molecule has 0 unspecified atom stereocenters. The maximum absolute atomic E-state index is 12.3. The van der Waals surface area contributed by atoms with Crippen molar-refractivity contribution < 1.29 is 23.4 Å². The fourth-order valence-electron chi connectivity index (χ4n) is 2.34. The average Bonchev–Trinajstić information content (AvgIpc) is 2.98. The lowest BCUT2D eigenvalue weighted by molar-refractivity contribution is 0.0696. The van der Waals surface area contributed by atoms with E-state index in [1.807, 2.05) is 4.90 Å². The van der Waals surface area contributed by atoms with Gasteiger partial charge in [0.1, 0.15) is 4.90 Å².